The van der Waals surface area contributed by atoms with Gasteiger partial charge in [0.05, 0.1) is 6.26 Å². The van der Waals surface area contributed by atoms with Gasteiger partial charge in [-0.1, -0.05) is 0 Å². The lowest BCUT2D eigenvalue weighted by Gasteiger charge is -2.33. The van der Waals surface area contributed by atoms with Gasteiger partial charge in [-0.05, 0) is 6.92 Å². The molecule has 1 aromatic heterocycles. The van der Waals surface area contributed by atoms with Crippen molar-refractivity contribution < 1.29 is 8.42 Å². The second-order valence-electron chi connectivity index (χ2n) is 4.17. The standard InChI is InChI=1S/C10H16N4O2S/c1-9-7-10(12-8-11-9)13-3-5-14(6-4-13)17(2,15)16/h7-8H,3-6H2,1-2H3. The van der Waals surface area contributed by atoms with Gasteiger partial charge < -0.3 is 4.90 Å². The molecule has 1 aliphatic heterocycles. The summed E-state index contributed by atoms with van der Waals surface area (Å²) < 4.78 is 24.2. The van der Waals surface area contributed by atoms with Gasteiger partial charge in [-0.15, -0.1) is 0 Å². The number of hydrogen-bond donors (Lipinski definition) is 0. The van der Waals surface area contributed by atoms with E-state index >= 15 is 0 Å². The minimum absolute atomic E-state index is 0.516. The van der Waals surface area contributed by atoms with Crippen molar-refractivity contribution in [2.75, 3.05) is 37.3 Å². The van der Waals surface area contributed by atoms with E-state index in [1.54, 1.807) is 0 Å². The molecule has 0 N–H and O–H groups in total. The zero-order valence-corrected chi connectivity index (χ0v) is 10.8. The van der Waals surface area contributed by atoms with E-state index in [1.807, 2.05) is 13.0 Å². The van der Waals surface area contributed by atoms with Gasteiger partial charge in [0.15, 0.2) is 0 Å². The Morgan fingerprint density at radius 3 is 2.35 bits per heavy atom. The molecule has 2 rings (SSSR count). The molecule has 7 heteroatoms. The summed E-state index contributed by atoms with van der Waals surface area (Å²) >= 11 is 0. The Labute approximate surface area is 101 Å². The van der Waals surface area contributed by atoms with Crippen molar-refractivity contribution in [3.63, 3.8) is 0 Å². The van der Waals surface area contributed by atoms with Crippen molar-refractivity contribution in [1.82, 2.24) is 14.3 Å². The fourth-order valence-electron chi connectivity index (χ4n) is 1.86. The van der Waals surface area contributed by atoms with Crippen molar-refractivity contribution in [3.8, 4) is 0 Å². The van der Waals surface area contributed by atoms with E-state index < -0.39 is 10.0 Å². The maximum Gasteiger partial charge on any atom is 0.211 e. The van der Waals surface area contributed by atoms with Crippen LogP contribution in [0.4, 0.5) is 5.82 Å². The van der Waals surface area contributed by atoms with Gasteiger partial charge in [0.25, 0.3) is 0 Å². The van der Waals surface area contributed by atoms with E-state index in [4.69, 9.17) is 0 Å². The Morgan fingerprint density at radius 1 is 1.18 bits per heavy atom. The van der Waals surface area contributed by atoms with Crippen LogP contribution in [0.1, 0.15) is 5.69 Å². The quantitative estimate of drug-likeness (QED) is 0.737. The van der Waals surface area contributed by atoms with Crippen LogP contribution in [0, 0.1) is 6.92 Å². The summed E-state index contributed by atoms with van der Waals surface area (Å²) in [5.41, 5.74) is 0.917. The van der Waals surface area contributed by atoms with E-state index in [0.29, 0.717) is 26.2 Å². The van der Waals surface area contributed by atoms with Crippen molar-refractivity contribution >= 4 is 15.8 Å². The van der Waals surface area contributed by atoms with Crippen molar-refractivity contribution in [1.29, 1.82) is 0 Å². The number of piperazine rings is 1. The van der Waals surface area contributed by atoms with E-state index in [9.17, 15) is 8.42 Å². The second kappa shape index (κ2) is 4.58. The van der Waals surface area contributed by atoms with Crippen LogP contribution in [-0.4, -0.2) is 55.1 Å². The summed E-state index contributed by atoms with van der Waals surface area (Å²) in [5, 5.41) is 0. The van der Waals surface area contributed by atoms with Gasteiger partial charge in [0.1, 0.15) is 12.1 Å². The van der Waals surface area contributed by atoms with Crippen LogP contribution in [0.2, 0.25) is 0 Å². The maximum atomic E-state index is 11.4. The van der Waals surface area contributed by atoms with E-state index in [2.05, 4.69) is 14.9 Å². The van der Waals surface area contributed by atoms with Crippen LogP contribution >= 0.6 is 0 Å². The first-order valence-electron chi connectivity index (χ1n) is 5.45. The number of aromatic nitrogens is 2. The molecule has 0 bridgehead atoms. The number of nitrogens with zero attached hydrogens (tertiary/aromatic N) is 4. The molecule has 0 radical (unpaired) electrons. The van der Waals surface area contributed by atoms with Crippen molar-refractivity contribution in [2.45, 2.75) is 6.92 Å². The van der Waals surface area contributed by atoms with Gasteiger partial charge in [0, 0.05) is 37.9 Å². The Morgan fingerprint density at radius 2 is 1.82 bits per heavy atom. The SMILES string of the molecule is Cc1cc(N2CCN(S(C)(=O)=O)CC2)ncn1. The molecule has 0 atom stereocenters. The largest absolute Gasteiger partial charge is 0.354 e. The van der Waals surface area contributed by atoms with Crippen LogP contribution in [0.15, 0.2) is 12.4 Å². The lowest BCUT2D eigenvalue weighted by Crippen LogP contribution is -2.48. The third kappa shape index (κ3) is 2.92. The van der Waals surface area contributed by atoms with E-state index in [-0.39, 0.29) is 0 Å². The summed E-state index contributed by atoms with van der Waals surface area (Å²) in [5.74, 6) is 0.866. The minimum Gasteiger partial charge on any atom is -0.354 e. The molecule has 17 heavy (non-hydrogen) atoms. The van der Waals surface area contributed by atoms with E-state index in [0.717, 1.165) is 11.5 Å². The van der Waals surface area contributed by atoms with Crippen LogP contribution in [0.5, 0.6) is 0 Å². The second-order valence-corrected chi connectivity index (χ2v) is 6.15. The highest BCUT2D eigenvalue weighted by molar-refractivity contribution is 7.88. The zero-order valence-electron chi connectivity index (χ0n) is 10.00. The van der Waals surface area contributed by atoms with Gasteiger partial charge in [0.2, 0.25) is 10.0 Å². The Balaban J connectivity index is 2.05. The fraction of sp³-hybridized carbons (Fsp3) is 0.600. The first-order chi connectivity index (χ1) is 7.97. The first-order valence-corrected chi connectivity index (χ1v) is 7.30. The highest BCUT2D eigenvalue weighted by Gasteiger charge is 2.23. The average Bonchev–Trinajstić information content (AvgIpc) is 2.28. The summed E-state index contributed by atoms with van der Waals surface area (Å²) in [6.07, 6.45) is 2.78. The van der Waals surface area contributed by atoms with Gasteiger partial charge in [-0.2, -0.15) is 4.31 Å². The Kier molecular flexibility index (Phi) is 3.30. The third-order valence-corrected chi connectivity index (χ3v) is 4.12. The summed E-state index contributed by atoms with van der Waals surface area (Å²) in [6.45, 7) is 4.29. The molecule has 1 saturated heterocycles. The predicted molar refractivity (Wildman–Crippen MR) is 65.4 cm³/mol. The van der Waals surface area contributed by atoms with Crippen LogP contribution < -0.4 is 4.90 Å². The van der Waals surface area contributed by atoms with Crippen molar-refractivity contribution in [2.24, 2.45) is 0 Å². The molecule has 1 aliphatic rings. The predicted octanol–water partition coefficient (Wildman–Crippen LogP) is -0.133. The number of aryl methyl sites for hydroxylation is 1. The Hall–Kier alpha value is -1.21. The first kappa shape index (κ1) is 12.3. The normalized spacial score (nSPS) is 18.4. The minimum atomic E-state index is -3.07. The van der Waals surface area contributed by atoms with Gasteiger partial charge in [-0.3, -0.25) is 0 Å². The van der Waals surface area contributed by atoms with Crippen molar-refractivity contribution in [3.05, 3.63) is 18.1 Å². The molecular formula is C10H16N4O2S. The molecule has 0 aliphatic carbocycles. The molecule has 1 fully saturated rings. The van der Waals surface area contributed by atoms with E-state index in [1.165, 1.54) is 16.9 Å². The summed E-state index contributed by atoms with van der Waals surface area (Å²) in [4.78, 5) is 10.3. The molecule has 94 valence electrons. The molecule has 0 spiro atoms. The number of rotatable bonds is 2. The molecule has 1 aromatic rings. The monoisotopic (exact) mass is 256 g/mol. The molecule has 0 amide bonds. The third-order valence-electron chi connectivity index (χ3n) is 2.82. The zero-order chi connectivity index (χ0) is 12.5. The fourth-order valence-corrected chi connectivity index (χ4v) is 2.69. The summed E-state index contributed by atoms with van der Waals surface area (Å²) in [7, 11) is -3.07. The number of sulfonamides is 1. The van der Waals surface area contributed by atoms with Crippen LogP contribution in [0.3, 0.4) is 0 Å². The molecule has 0 unspecified atom stereocenters. The molecule has 0 saturated carbocycles. The molecule has 0 aromatic carbocycles. The van der Waals surface area contributed by atoms with Crippen LogP contribution in [0.25, 0.3) is 0 Å². The van der Waals surface area contributed by atoms with Gasteiger partial charge >= 0.3 is 0 Å². The number of hydrogen-bond acceptors (Lipinski definition) is 5. The lowest BCUT2D eigenvalue weighted by molar-refractivity contribution is 0.387. The van der Waals surface area contributed by atoms with Crippen LogP contribution in [-0.2, 0) is 10.0 Å². The summed E-state index contributed by atoms with van der Waals surface area (Å²) in [6, 6.07) is 1.91. The molecule has 6 nitrogen and oxygen atoms in total. The van der Waals surface area contributed by atoms with Gasteiger partial charge in [-0.25, -0.2) is 18.4 Å². The maximum absolute atomic E-state index is 11.4. The highest BCUT2D eigenvalue weighted by Crippen LogP contribution is 2.14. The molecular weight excluding hydrogens is 240 g/mol. The Bertz CT molecular complexity index is 495. The molecule has 2 heterocycles. The smallest absolute Gasteiger partial charge is 0.211 e. The number of anilines is 1. The highest BCUT2D eigenvalue weighted by atomic mass is 32.2. The average molecular weight is 256 g/mol. The lowest BCUT2D eigenvalue weighted by atomic mass is 10.3. The topological polar surface area (TPSA) is 66.4 Å².